The van der Waals surface area contributed by atoms with E-state index in [2.05, 4.69) is 10.2 Å². The van der Waals surface area contributed by atoms with Crippen LogP contribution in [0.2, 0.25) is 5.02 Å². The maximum absolute atomic E-state index is 14.0. The summed E-state index contributed by atoms with van der Waals surface area (Å²) in [6.07, 6.45) is 0. The Morgan fingerprint density at radius 3 is 2.17 bits per heavy atom. The summed E-state index contributed by atoms with van der Waals surface area (Å²) in [7, 11) is 0. The number of carbonyl (C=O) groups excluding carboxylic acids is 2. The van der Waals surface area contributed by atoms with Gasteiger partial charge >= 0.3 is 0 Å². The fourth-order valence-electron chi connectivity index (χ4n) is 3.85. The van der Waals surface area contributed by atoms with Crippen LogP contribution in [-0.4, -0.2) is 48.5 Å². The fourth-order valence-corrected chi connectivity index (χ4v) is 3.98. The molecule has 3 aromatic carbocycles. The summed E-state index contributed by atoms with van der Waals surface area (Å²) in [5.74, 6) is -0.512. The van der Waals surface area contributed by atoms with Crippen molar-refractivity contribution in [1.82, 2.24) is 4.90 Å². The summed E-state index contributed by atoms with van der Waals surface area (Å²) in [5, 5.41) is 3.49. The summed E-state index contributed by atoms with van der Waals surface area (Å²) in [6, 6.07) is 20.4. The standard InChI is InChI=1S/C27H27ClFN3O3/c1-27(2,35-22-13-7-19(28)8-14-22)26(34)30-20-9-11-21(12-10-20)31-15-17-32(18-16-31)25(33)23-5-3-4-6-24(23)29/h3-14H,15-18H2,1-2H3,(H,30,34). The summed E-state index contributed by atoms with van der Waals surface area (Å²) < 4.78 is 19.8. The molecule has 8 heteroatoms. The van der Waals surface area contributed by atoms with Crippen LogP contribution in [0.3, 0.4) is 0 Å². The van der Waals surface area contributed by atoms with E-state index < -0.39 is 11.4 Å². The van der Waals surface area contributed by atoms with Crippen molar-refractivity contribution in [1.29, 1.82) is 0 Å². The molecule has 1 N–H and O–H groups in total. The van der Waals surface area contributed by atoms with Gasteiger partial charge in [0.1, 0.15) is 11.6 Å². The quantitative estimate of drug-likeness (QED) is 0.508. The minimum absolute atomic E-state index is 0.101. The second-order valence-corrected chi connectivity index (χ2v) is 9.26. The van der Waals surface area contributed by atoms with Gasteiger partial charge in [0.15, 0.2) is 5.60 Å². The molecular formula is C27H27ClFN3O3. The Bertz CT molecular complexity index is 1190. The van der Waals surface area contributed by atoms with Gasteiger partial charge in [-0.15, -0.1) is 0 Å². The van der Waals surface area contributed by atoms with Crippen molar-refractivity contribution < 1.29 is 18.7 Å². The molecule has 1 aliphatic heterocycles. The number of anilines is 2. The van der Waals surface area contributed by atoms with Crippen LogP contribution < -0.4 is 15.0 Å². The van der Waals surface area contributed by atoms with E-state index in [1.807, 2.05) is 24.3 Å². The van der Waals surface area contributed by atoms with Gasteiger partial charge in [-0.25, -0.2) is 4.39 Å². The Kier molecular flexibility index (Phi) is 7.26. The first-order chi connectivity index (χ1) is 16.7. The first-order valence-electron chi connectivity index (χ1n) is 11.4. The molecule has 0 radical (unpaired) electrons. The molecule has 0 saturated carbocycles. The number of hydrogen-bond donors (Lipinski definition) is 1. The molecule has 182 valence electrons. The largest absolute Gasteiger partial charge is 0.478 e. The van der Waals surface area contributed by atoms with E-state index in [9.17, 15) is 14.0 Å². The Morgan fingerprint density at radius 1 is 0.914 bits per heavy atom. The number of ether oxygens (including phenoxy) is 1. The first kappa shape index (κ1) is 24.5. The van der Waals surface area contributed by atoms with Crippen molar-refractivity contribution in [2.24, 2.45) is 0 Å². The number of benzene rings is 3. The third-order valence-electron chi connectivity index (χ3n) is 5.89. The minimum Gasteiger partial charge on any atom is -0.478 e. The SMILES string of the molecule is CC(C)(Oc1ccc(Cl)cc1)C(=O)Nc1ccc(N2CCN(C(=O)c3ccccc3F)CC2)cc1. The van der Waals surface area contributed by atoms with Gasteiger partial charge in [-0.1, -0.05) is 23.7 Å². The van der Waals surface area contributed by atoms with E-state index in [1.54, 1.807) is 55.1 Å². The highest BCUT2D eigenvalue weighted by Gasteiger charge is 2.30. The number of halogens is 2. The van der Waals surface area contributed by atoms with Crippen molar-refractivity contribution in [2.75, 3.05) is 36.4 Å². The smallest absolute Gasteiger partial charge is 0.267 e. The Labute approximate surface area is 209 Å². The number of hydrogen-bond acceptors (Lipinski definition) is 4. The zero-order valence-corrected chi connectivity index (χ0v) is 20.4. The lowest BCUT2D eigenvalue weighted by Gasteiger charge is -2.36. The van der Waals surface area contributed by atoms with Gasteiger partial charge < -0.3 is 19.9 Å². The van der Waals surface area contributed by atoms with Crippen LogP contribution in [0.25, 0.3) is 0 Å². The molecule has 1 fully saturated rings. The van der Waals surface area contributed by atoms with Crippen LogP contribution in [0.5, 0.6) is 5.75 Å². The molecule has 0 bridgehead atoms. The van der Waals surface area contributed by atoms with Crippen LogP contribution in [-0.2, 0) is 4.79 Å². The molecule has 0 unspecified atom stereocenters. The summed E-state index contributed by atoms with van der Waals surface area (Å²) in [5.41, 5.74) is 0.648. The maximum atomic E-state index is 14.0. The first-order valence-corrected chi connectivity index (χ1v) is 11.8. The van der Waals surface area contributed by atoms with Crippen molar-refractivity contribution in [3.63, 3.8) is 0 Å². The van der Waals surface area contributed by atoms with Gasteiger partial charge in [0.05, 0.1) is 5.56 Å². The lowest BCUT2D eigenvalue weighted by molar-refractivity contribution is -0.128. The molecule has 35 heavy (non-hydrogen) atoms. The van der Waals surface area contributed by atoms with Gasteiger partial charge in [-0.3, -0.25) is 9.59 Å². The van der Waals surface area contributed by atoms with E-state index in [0.29, 0.717) is 42.6 Å². The monoisotopic (exact) mass is 495 g/mol. The Balaban J connectivity index is 1.32. The summed E-state index contributed by atoms with van der Waals surface area (Å²) in [6.45, 7) is 5.67. The van der Waals surface area contributed by atoms with Crippen molar-refractivity contribution in [3.8, 4) is 5.75 Å². The maximum Gasteiger partial charge on any atom is 0.267 e. The van der Waals surface area contributed by atoms with Gasteiger partial charge in [-0.2, -0.15) is 0 Å². The second-order valence-electron chi connectivity index (χ2n) is 8.83. The van der Waals surface area contributed by atoms with Crippen LogP contribution in [0.15, 0.2) is 72.8 Å². The van der Waals surface area contributed by atoms with Gasteiger partial charge in [0.25, 0.3) is 11.8 Å². The number of nitrogens with one attached hydrogen (secondary N) is 1. The Morgan fingerprint density at radius 2 is 1.54 bits per heavy atom. The van der Waals surface area contributed by atoms with Crippen molar-refractivity contribution in [3.05, 3.63) is 89.2 Å². The summed E-state index contributed by atoms with van der Waals surface area (Å²) >= 11 is 5.90. The molecule has 1 aliphatic rings. The van der Waals surface area contributed by atoms with E-state index in [4.69, 9.17) is 16.3 Å². The molecule has 4 rings (SSSR count). The summed E-state index contributed by atoms with van der Waals surface area (Å²) in [4.78, 5) is 29.3. The molecule has 1 heterocycles. The number of nitrogens with zero attached hydrogens (tertiary/aromatic N) is 2. The second kappa shape index (κ2) is 10.4. The van der Waals surface area contributed by atoms with E-state index in [0.717, 1.165) is 5.69 Å². The molecule has 2 amide bonds. The number of carbonyl (C=O) groups is 2. The van der Waals surface area contributed by atoms with Gasteiger partial charge in [0, 0.05) is 42.6 Å². The fraction of sp³-hybridized carbons (Fsp3) is 0.259. The zero-order chi connectivity index (χ0) is 25.0. The lowest BCUT2D eigenvalue weighted by Crippen LogP contribution is -2.49. The third kappa shape index (κ3) is 5.92. The van der Waals surface area contributed by atoms with Crippen LogP contribution in [0.1, 0.15) is 24.2 Å². The molecule has 1 saturated heterocycles. The number of rotatable bonds is 6. The van der Waals surface area contributed by atoms with Gasteiger partial charge in [0.2, 0.25) is 0 Å². The van der Waals surface area contributed by atoms with Crippen LogP contribution >= 0.6 is 11.6 Å². The topological polar surface area (TPSA) is 61.9 Å². The normalized spacial score (nSPS) is 13.9. The van der Waals surface area contributed by atoms with Gasteiger partial charge in [-0.05, 0) is 74.5 Å². The van der Waals surface area contributed by atoms with Crippen molar-refractivity contribution >= 4 is 34.8 Å². The highest BCUT2D eigenvalue weighted by molar-refractivity contribution is 6.30. The lowest BCUT2D eigenvalue weighted by atomic mass is 10.1. The van der Waals surface area contributed by atoms with E-state index in [1.165, 1.54) is 12.1 Å². The van der Waals surface area contributed by atoms with E-state index in [-0.39, 0.29) is 17.4 Å². The minimum atomic E-state index is -1.09. The molecule has 3 aromatic rings. The molecule has 0 aromatic heterocycles. The Hall–Kier alpha value is -3.58. The predicted octanol–water partition coefficient (Wildman–Crippen LogP) is 5.24. The average Bonchev–Trinajstić information content (AvgIpc) is 2.86. The molecular weight excluding hydrogens is 469 g/mol. The highest BCUT2D eigenvalue weighted by atomic mass is 35.5. The number of piperazine rings is 1. The molecule has 0 atom stereocenters. The molecule has 0 spiro atoms. The predicted molar refractivity (Wildman–Crippen MR) is 136 cm³/mol. The molecule has 6 nitrogen and oxygen atoms in total. The zero-order valence-electron chi connectivity index (χ0n) is 19.6. The van der Waals surface area contributed by atoms with Crippen LogP contribution in [0, 0.1) is 5.82 Å². The highest BCUT2D eigenvalue weighted by Crippen LogP contribution is 2.24. The van der Waals surface area contributed by atoms with E-state index >= 15 is 0 Å². The van der Waals surface area contributed by atoms with Crippen molar-refractivity contribution in [2.45, 2.75) is 19.4 Å². The average molecular weight is 496 g/mol. The third-order valence-corrected chi connectivity index (χ3v) is 6.15. The number of amides is 2. The molecule has 0 aliphatic carbocycles. The van der Waals surface area contributed by atoms with Crippen LogP contribution in [0.4, 0.5) is 15.8 Å².